The number of benzene rings is 1. The molecule has 0 bridgehead atoms. The van der Waals surface area contributed by atoms with Gasteiger partial charge in [-0.25, -0.2) is 0 Å². The quantitative estimate of drug-likeness (QED) is 0.629. The Morgan fingerprint density at radius 2 is 2.07 bits per heavy atom. The highest BCUT2D eigenvalue weighted by Gasteiger charge is 2.36. The first-order valence-electron chi connectivity index (χ1n) is 8.63. The maximum absolute atomic E-state index is 13.0. The summed E-state index contributed by atoms with van der Waals surface area (Å²) >= 11 is 1.37. The average Bonchev–Trinajstić information content (AvgIpc) is 3.18. The molecule has 1 atom stereocenters. The maximum atomic E-state index is 13.0. The Morgan fingerprint density at radius 1 is 1.22 bits per heavy atom. The molecular formula is C19H18N4O3S. The minimum Gasteiger partial charge on any atom is -0.463 e. The number of aromatic nitrogens is 3. The highest BCUT2D eigenvalue weighted by atomic mass is 32.2. The van der Waals surface area contributed by atoms with Gasteiger partial charge >= 0.3 is 0 Å². The van der Waals surface area contributed by atoms with E-state index in [1.807, 2.05) is 37.4 Å². The third-order valence-electron chi connectivity index (χ3n) is 4.21. The van der Waals surface area contributed by atoms with Crippen LogP contribution in [0.25, 0.3) is 11.3 Å². The van der Waals surface area contributed by atoms with E-state index < -0.39 is 6.23 Å². The van der Waals surface area contributed by atoms with E-state index in [0.717, 1.165) is 12.0 Å². The summed E-state index contributed by atoms with van der Waals surface area (Å²) in [7, 11) is 0. The monoisotopic (exact) mass is 382 g/mol. The fraction of sp³-hybridized carbons (Fsp3) is 0.263. The van der Waals surface area contributed by atoms with E-state index in [0.29, 0.717) is 34.6 Å². The lowest BCUT2D eigenvalue weighted by molar-refractivity contribution is -0.120. The van der Waals surface area contributed by atoms with Crippen LogP contribution in [0.4, 0.5) is 5.69 Å². The molecule has 2 aromatic heterocycles. The summed E-state index contributed by atoms with van der Waals surface area (Å²) in [6, 6.07) is 11.1. The Bertz CT molecular complexity index is 961. The molecule has 1 amide bonds. The van der Waals surface area contributed by atoms with Crippen molar-refractivity contribution in [3.63, 3.8) is 0 Å². The van der Waals surface area contributed by atoms with E-state index in [2.05, 4.69) is 15.2 Å². The van der Waals surface area contributed by atoms with E-state index >= 15 is 0 Å². The molecule has 1 aromatic carbocycles. The molecule has 1 aliphatic heterocycles. The SMILES string of the molecule is CCCC(=O)N1c2ccccc2-c2nnc(SC)nc2O[C@@H]1c1ccco1. The van der Waals surface area contributed by atoms with Gasteiger partial charge in [-0.05, 0) is 30.9 Å². The largest absolute Gasteiger partial charge is 0.463 e. The predicted molar refractivity (Wildman–Crippen MR) is 102 cm³/mol. The number of carbonyl (C=O) groups excluding carboxylic acids is 1. The van der Waals surface area contributed by atoms with Crippen LogP contribution in [0.1, 0.15) is 31.8 Å². The van der Waals surface area contributed by atoms with Gasteiger partial charge in [0.1, 0.15) is 0 Å². The van der Waals surface area contributed by atoms with E-state index in [4.69, 9.17) is 9.15 Å². The highest BCUT2D eigenvalue weighted by molar-refractivity contribution is 7.98. The van der Waals surface area contributed by atoms with Crippen molar-refractivity contribution in [2.45, 2.75) is 31.1 Å². The predicted octanol–water partition coefficient (Wildman–Crippen LogP) is 4.08. The smallest absolute Gasteiger partial charge is 0.247 e. The van der Waals surface area contributed by atoms with Crippen molar-refractivity contribution in [1.82, 2.24) is 15.2 Å². The molecule has 1 aliphatic rings. The second kappa shape index (κ2) is 7.40. The number of anilines is 1. The Kier molecular flexibility index (Phi) is 4.81. The van der Waals surface area contributed by atoms with Crippen molar-refractivity contribution >= 4 is 23.4 Å². The number of hydrogen-bond acceptors (Lipinski definition) is 7. The summed E-state index contributed by atoms with van der Waals surface area (Å²) in [5.74, 6) is 0.790. The molecule has 138 valence electrons. The number of hydrogen-bond donors (Lipinski definition) is 0. The molecule has 27 heavy (non-hydrogen) atoms. The van der Waals surface area contributed by atoms with Gasteiger partial charge in [0.05, 0.1) is 12.0 Å². The van der Waals surface area contributed by atoms with Crippen molar-refractivity contribution < 1.29 is 13.9 Å². The molecule has 0 fully saturated rings. The summed E-state index contributed by atoms with van der Waals surface area (Å²) in [4.78, 5) is 19.1. The Hall–Kier alpha value is -2.87. The summed E-state index contributed by atoms with van der Waals surface area (Å²) in [5.41, 5.74) is 1.95. The van der Waals surface area contributed by atoms with Crippen molar-refractivity contribution in [3.05, 3.63) is 48.4 Å². The normalized spacial score (nSPS) is 15.5. The van der Waals surface area contributed by atoms with E-state index in [1.165, 1.54) is 11.8 Å². The second-order valence-electron chi connectivity index (χ2n) is 5.97. The van der Waals surface area contributed by atoms with Crippen LogP contribution in [0.15, 0.2) is 52.2 Å². The van der Waals surface area contributed by atoms with Crippen LogP contribution in [-0.2, 0) is 4.79 Å². The molecule has 4 rings (SSSR count). The lowest BCUT2D eigenvalue weighted by Crippen LogP contribution is -2.37. The van der Waals surface area contributed by atoms with Crippen LogP contribution in [0.2, 0.25) is 0 Å². The fourth-order valence-corrected chi connectivity index (χ4v) is 3.32. The minimum absolute atomic E-state index is 0.0581. The number of carbonyl (C=O) groups is 1. The first-order chi connectivity index (χ1) is 13.2. The zero-order valence-electron chi connectivity index (χ0n) is 15.0. The second-order valence-corrected chi connectivity index (χ2v) is 6.74. The molecular weight excluding hydrogens is 364 g/mol. The van der Waals surface area contributed by atoms with Crippen LogP contribution in [0.3, 0.4) is 0 Å². The van der Waals surface area contributed by atoms with Crippen molar-refractivity contribution in [1.29, 1.82) is 0 Å². The number of ether oxygens (including phenoxy) is 1. The standard InChI is InChI=1S/C19H18N4O3S/c1-3-7-15(24)23-13-9-5-4-8-12(13)16-17(20-19(27-2)22-21-16)26-18(23)14-10-6-11-25-14/h4-6,8-11,18H,3,7H2,1-2H3/t18-/m1/s1. The van der Waals surface area contributed by atoms with Gasteiger partial charge in [0.25, 0.3) is 0 Å². The number of fused-ring (bicyclic) bond motifs is 3. The Morgan fingerprint density at radius 3 is 2.81 bits per heavy atom. The van der Waals surface area contributed by atoms with Gasteiger partial charge in [-0.2, -0.15) is 4.98 Å². The molecule has 0 radical (unpaired) electrons. The number of nitrogens with zero attached hydrogens (tertiary/aromatic N) is 4. The minimum atomic E-state index is -0.771. The topological polar surface area (TPSA) is 81.4 Å². The molecule has 0 unspecified atom stereocenters. The van der Waals surface area contributed by atoms with Crippen molar-refractivity contribution in [2.24, 2.45) is 0 Å². The van der Waals surface area contributed by atoms with Gasteiger partial charge in [-0.1, -0.05) is 36.9 Å². The Labute approximate surface area is 160 Å². The first-order valence-corrected chi connectivity index (χ1v) is 9.85. The van der Waals surface area contributed by atoms with Crippen LogP contribution in [0.5, 0.6) is 5.88 Å². The van der Waals surface area contributed by atoms with Gasteiger partial charge in [0.15, 0.2) is 11.5 Å². The van der Waals surface area contributed by atoms with Crippen molar-refractivity contribution in [3.8, 4) is 17.1 Å². The maximum Gasteiger partial charge on any atom is 0.247 e. The van der Waals surface area contributed by atoms with Crippen LogP contribution in [-0.4, -0.2) is 27.3 Å². The summed E-state index contributed by atoms with van der Waals surface area (Å²) in [5, 5.41) is 8.96. The zero-order valence-corrected chi connectivity index (χ0v) is 15.8. The number of thioether (sulfide) groups is 1. The molecule has 3 aromatic rings. The fourth-order valence-electron chi connectivity index (χ4n) is 3.02. The molecule has 0 N–H and O–H groups in total. The van der Waals surface area contributed by atoms with Gasteiger partial charge in [0, 0.05) is 12.0 Å². The summed E-state index contributed by atoms with van der Waals surface area (Å²) < 4.78 is 11.8. The van der Waals surface area contributed by atoms with Gasteiger partial charge in [0.2, 0.25) is 23.2 Å². The van der Waals surface area contributed by atoms with E-state index in [1.54, 1.807) is 23.3 Å². The summed E-state index contributed by atoms with van der Waals surface area (Å²) in [6.45, 7) is 1.97. The number of para-hydroxylation sites is 1. The van der Waals surface area contributed by atoms with E-state index in [9.17, 15) is 4.79 Å². The van der Waals surface area contributed by atoms with Gasteiger partial charge in [-0.15, -0.1) is 10.2 Å². The Balaban J connectivity index is 1.95. The van der Waals surface area contributed by atoms with Gasteiger partial charge in [-0.3, -0.25) is 9.69 Å². The first kappa shape index (κ1) is 17.5. The lowest BCUT2D eigenvalue weighted by atomic mass is 10.1. The molecule has 0 aliphatic carbocycles. The van der Waals surface area contributed by atoms with Gasteiger partial charge < -0.3 is 9.15 Å². The number of furan rings is 1. The van der Waals surface area contributed by atoms with Crippen molar-refractivity contribution in [2.75, 3.05) is 11.2 Å². The highest BCUT2D eigenvalue weighted by Crippen LogP contribution is 2.43. The summed E-state index contributed by atoms with van der Waals surface area (Å²) in [6.07, 6.45) is 3.78. The third-order valence-corrected chi connectivity index (χ3v) is 4.75. The van der Waals surface area contributed by atoms with Crippen LogP contribution < -0.4 is 9.64 Å². The molecule has 7 nitrogen and oxygen atoms in total. The average molecular weight is 382 g/mol. The third kappa shape index (κ3) is 3.16. The molecule has 8 heteroatoms. The molecule has 0 saturated carbocycles. The number of rotatable bonds is 4. The van der Waals surface area contributed by atoms with Crippen LogP contribution in [0, 0.1) is 0 Å². The number of amides is 1. The molecule has 0 saturated heterocycles. The zero-order chi connectivity index (χ0) is 18.8. The van der Waals surface area contributed by atoms with E-state index in [-0.39, 0.29) is 5.91 Å². The molecule has 0 spiro atoms. The molecule has 3 heterocycles. The lowest BCUT2D eigenvalue weighted by Gasteiger charge is -2.29. The van der Waals surface area contributed by atoms with Crippen LogP contribution >= 0.6 is 11.8 Å².